The minimum absolute atomic E-state index is 0.0913. The maximum atomic E-state index is 8.83. The molecule has 5 nitrogen and oxygen atoms in total. The van der Waals surface area contributed by atoms with Crippen LogP contribution in [-0.4, -0.2) is 18.2 Å². The molecule has 0 fully saturated rings. The van der Waals surface area contributed by atoms with Crippen LogP contribution in [0.2, 0.25) is 0 Å². The molecule has 4 N–H and O–H groups in total. The normalized spacial score (nSPS) is 11.2. The second-order valence-corrected chi connectivity index (χ2v) is 5.26. The molecule has 110 valence electrons. The van der Waals surface area contributed by atoms with Crippen LogP contribution in [-0.2, 0) is 6.54 Å². The maximum Gasteiger partial charge on any atom is 0.170 e. The Balaban J connectivity index is 2.23. The highest BCUT2D eigenvalue weighted by atomic mass is 79.9. The van der Waals surface area contributed by atoms with Crippen molar-refractivity contribution < 1.29 is 9.94 Å². The Morgan fingerprint density at radius 3 is 2.81 bits per heavy atom. The van der Waals surface area contributed by atoms with Gasteiger partial charge in [0.2, 0.25) is 0 Å². The van der Waals surface area contributed by atoms with Crippen molar-refractivity contribution in [2.75, 3.05) is 12.4 Å². The van der Waals surface area contributed by atoms with E-state index < -0.39 is 0 Å². The molecule has 0 aromatic heterocycles. The Bertz CT molecular complexity index is 659. The standard InChI is InChI=1S/C15H16BrN3O2/c1-21-14-7-6-11(16)8-13(14)18-9-10-4-2-3-5-12(10)15(17)19-20/h2-8,18,20H,9H2,1H3,(H2,17,19). The quantitative estimate of drug-likeness (QED) is 0.335. The van der Waals surface area contributed by atoms with E-state index in [2.05, 4.69) is 26.4 Å². The molecule has 0 atom stereocenters. The van der Waals surface area contributed by atoms with Crippen LogP contribution in [0.3, 0.4) is 0 Å². The molecule has 0 amide bonds. The van der Waals surface area contributed by atoms with Gasteiger partial charge in [0.1, 0.15) is 5.75 Å². The summed E-state index contributed by atoms with van der Waals surface area (Å²) >= 11 is 3.43. The number of oxime groups is 1. The monoisotopic (exact) mass is 349 g/mol. The second-order valence-electron chi connectivity index (χ2n) is 4.34. The maximum absolute atomic E-state index is 8.83. The fourth-order valence-corrected chi connectivity index (χ4v) is 2.35. The zero-order chi connectivity index (χ0) is 15.2. The van der Waals surface area contributed by atoms with E-state index in [-0.39, 0.29) is 5.84 Å². The van der Waals surface area contributed by atoms with Crippen molar-refractivity contribution in [1.29, 1.82) is 0 Å². The van der Waals surface area contributed by atoms with E-state index in [1.807, 2.05) is 42.5 Å². The molecule has 21 heavy (non-hydrogen) atoms. The predicted molar refractivity (Wildman–Crippen MR) is 87.0 cm³/mol. The molecule has 2 aromatic rings. The average molecular weight is 350 g/mol. The third-order valence-electron chi connectivity index (χ3n) is 3.03. The van der Waals surface area contributed by atoms with Crippen molar-refractivity contribution in [3.05, 3.63) is 58.1 Å². The van der Waals surface area contributed by atoms with Crippen LogP contribution in [0.15, 0.2) is 52.1 Å². The lowest BCUT2D eigenvalue weighted by Crippen LogP contribution is -2.16. The topological polar surface area (TPSA) is 79.9 Å². The van der Waals surface area contributed by atoms with Crippen LogP contribution in [0, 0.1) is 0 Å². The number of nitrogens with one attached hydrogen (secondary N) is 1. The molecule has 0 spiro atoms. The number of hydrogen-bond acceptors (Lipinski definition) is 4. The van der Waals surface area contributed by atoms with Gasteiger partial charge in [-0.1, -0.05) is 45.4 Å². The van der Waals surface area contributed by atoms with Crippen molar-refractivity contribution in [2.45, 2.75) is 6.54 Å². The van der Waals surface area contributed by atoms with Gasteiger partial charge in [0.15, 0.2) is 5.84 Å². The van der Waals surface area contributed by atoms with Gasteiger partial charge in [-0.15, -0.1) is 0 Å². The van der Waals surface area contributed by atoms with Crippen LogP contribution < -0.4 is 15.8 Å². The first-order valence-corrected chi connectivity index (χ1v) is 7.08. The smallest absolute Gasteiger partial charge is 0.170 e. The summed E-state index contributed by atoms with van der Waals surface area (Å²) in [4.78, 5) is 0. The van der Waals surface area contributed by atoms with Gasteiger partial charge in [0, 0.05) is 16.6 Å². The highest BCUT2D eigenvalue weighted by Gasteiger charge is 2.08. The Morgan fingerprint density at radius 1 is 1.33 bits per heavy atom. The van der Waals surface area contributed by atoms with E-state index in [1.54, 1.807) is 7.11 Å². The molecule has 0 saturated carbocycles. The summed E-state index contributed by atoms with van der Waals surface area (Å²) in [5.41, 5.74) is 8.17. The highest BCUT2D eigenvalue weighted by Crippen LogP contribution is 2.28. The summed E-state index contributed by atoms with van der Waals surface area (Å²) in [6, 6.07) is 13.2. The van der Waals surface area contributed by atoms with E-state index in [4.69, 9.17) is 15.7 Å². The lowest BCUT2D eigenvalue weighted by atomic mass is 10.1. The summed E-state index contributed by atoms with van der Waals surface area (Å²) in [6.07, 6.45) is 0. The van der Waals surface area contributed by atoms with E-state index >= 15 is 0 Å². The van der Waals surface area contributed by atoms with Crippen LogP contribution in [0.4, 0.5) is 5.69 Å². The first-order valence-electron chi connectivity index (χ1n) is 6.29. The summed E-state index contributed by atoms with van der Waals surface area (Å²) < 4.78 is 6.27. The highest BCUT2D eigenvalue weighted by molar-refractivity contribution is 9.10. The molecule has 2 rings (SSSR count). The van der Waals surface area contributed by atoms with Gasteiger partial charge >= 0.3 is 0 Å². The van der Waals surface area contributed by atoms with E-state index in [1.165, 1.54) is 0 Å². The first kappa shape index (κ1) is 15.2. The SMILES string of the molecule is COc1ccc(Br)cc1NCc1ccccc1C(N)=NO. The number of benzene rings is 2. The minimum atomic E-state index is 0.0913. The number of rotatable bonds is 5. The summed E-state index contributed by atoms with van der Waals surface area (Å²) in [6.45, 7) is 0.527. The van der Waals surface area contributed by atoms with Gasteiger partial charge < -0.3 is 21.0 Å². The number of halogens is 1. The van der Waals surface area contributed by atoms with Crippen molar-refractivity contribution in [3.63, 3.8) is 0 Å². The van der Waals surface area contributed by atoms with Crippen molar-refractivity contribution in [2.24, 2.45) is 10.9 Å². The Kier molecular flexibility index (Phi) is 5.05. The molecule has 6 heteroatoms. The second kappa shape index (κ2) is 6.99. The summed E-state index contributed by atoms with van der Waals surface area (Å²) in [5.74, 6) is 0.841. The molecule has 0 saturated heterocycles. The van der Waals surface area contributed by atoms with Gasteiger partial charge in [-0.2, -0.15) is 0 Å². The molecular weight excluding hydrogens is 334 g/mol. The molecule has 0 unspecified atom stereocenters. The molecular formula is C15H16BrN3O2. The lowest BCUT2D eigenvalue weighted by Gasteiger charge is -2.13. The molecule has 0 radical (unpaired) electrons. The van der Waals surface area contributed by atoms with Gasteiger partial charge in [-0.25, -0.2) is 0 Å². The van der Waals surface area contributed by atoms with Gasteiger partial charge in [-0.05, 0) is 23.8 Å². The number of methoxy groups -OCH3 is 1. The number of nitrogens with zero attached hydrogens (tertiary/aromatic N) is 1. The number of hydrogen-bond donors (Lipinski definition) is 3. The molecule has 0 aliphatic heterocycles. The Hall–Kier alpha value is -2.21. The van der Waals surface area contributed by atoms with Crippen LogP contribution in [0.5, 0.6) is 5.75 Å². The molecule has 0 aliphatic rings. The number of nitrogens with two attached hydrogens (primary N) is 1. The first-order chi connectivity index (χ1) is 10.2. The molecule has 0 heterocycles. The third kappa shape index (κ3) is 3.66. The third-order valence-corrected chi connectivity index (χ3v) is 3.53. The van der Waals surface area contributed by atoms with Crippen LogP contribution in [0.1, 0.15) is 11.1 Å². The average Bonchev–Trinajstić information content (AvgIpc) is 2.52. The van der Waals surface area contributed by atoms with Crippen LogP contribution >= 0.6 is 15.9 Å². The zero-order valence-corrected chi connectivity index (χ0v) is 13.1. The number of ether oxygens (including phenoxy) is 1. The summed E-state index contributed by atoms with van der Waals surface area (Å²) in [7, 11) is 1.62. The van der Waals surface area contributed by atoms with Crippen molar-refractivity contribution in [1.82, 2.24) is 0 Å². The Labute approximate surface area is 131 Å². The van der Waals surface area contributed by atoms with Gasteiger partial charge in [0.05, 0.1) is 12.8 Å². The van der Waals surface area contributed by atoms with Crippen LogP contribution in [0.25, 0.3) is 0 Å². The van der Waals surface area contributed by atoms with E-state index in [9.17, 15) is 0 Å². The van der Waals surface area contributed by atoms with Crippen molar-refractivity contribution in [3.8, 4) is 5.75 Å². The zero-order valence-electron chi connectivity index (χ0n) is 11.5. The number of anilines is 1. The van der Waals surface area contributed by atoms with E-state index in [0.717, 1.165) is 21.5 Å². The fourth-order valence-electron chi connectivity index (χ4n) is 1.99. The van der Waals surface area contributed by atoms with Crippen molar-refractivity contribution >= 4 is 27.5 Å². The Morgan fingerprint density at radius 2 is 2.10 bits per heavy atom. The van der Waals surface area contributed by atoms with Gasteiger partial charge in [-0.3, -0.25) is 0 Å². The summed E-state index contributed by atoms with van der Waals surface area (Å²) in [5, 5.41) is 15.2. The van der Waals surface area contributed by atoms with Gasteiger partial charge in [0.25, 0.3) is 0 Å². The predicted octanol–water partition coefficient (Wildman–Crippen LogP) is 3.16. The molecule has 0 aliphatic carbocycles. The minimum Gasteiger partial charge on any atom is -0.495 e. The number of amidine groups is 1. The van der Waals surface area contributed by atoms with E-state index in [0.29, 0.717) is 12.1 Å². The lowest BCUT2D eigenvalue weighted by molar-refractivity contribution is 0.318. The molecule has 2 aromatic carbocycles. The fraction of sp³-hybridized carbons (Fsp3) is 0.133. The largest absolute Gasteiger partial charge is 0.495 e. The molecule has 0 bridgehead atoms.